The molecule has 0 unspecified atom stereocenters. The maximum Gasteiger partial charge on any atom is 0.168 e. The van der Waals surface area contributed by atoms with Gasteiger partial charge in [-0.25, -0.2) is 8.78 Å². The van der Waals surface area contributed by atoms with Crippen molar-refractivity contribution in [3.05, 3.63) is 35.4 Å². The number of halogens is 2. The van der Waals surface area contributed by atoms with E-state index in [9.17, 15) is 13.9 Å². The van der Waals surface area contributed by atoms with Gasteiger partial charge in [0.2, 0.25) is 0 Å². The lowest BCUT2D eigenvalue weighted by Gasteiger charge is -2.00. The Morgan fingerprint density at radius 1 is 1.40 bits per heavy atom. The van der Waals surface area contributed by atoms with Crippen molar-refractivity contribution in [2.75, 3.05) is 13.6 Å². The van der Waals surface area contributed by atoms with Crippen molar-refractivity contribution in [3.8, 4) is 5.75 Å². The molecule has 82 valence electrons. The highest BCUT2D eigenvalue weighted by molar-refractivity contribution is 5.57. The van der Waals surface area contributed by atoms with Crippen LogP contribution < -0.4 is 5.32 Å². The zero-order valence-corrected chi connectivity index (χ0v) is 8.43. The van der Waals surface area contributed by atoms with E-state index in [1.807, 2.05) is 7.05 Å². The summed E-state index contributed by atoms with van der Waals surface area (Å²) in [6.07, 6.45) is 3.97. The van der Waals surface area contributed by atoms with Crippen LogP contribution in [0.25, 0.3) is 6.08 Å². The third kappa shape index (κ3) is 3.32. The molecule has 0 saturated carbocycles. The van der Waals surface area contributed by atoms with Gasteiger partial charge in [-0.2, -0.15) is 0 Å². The van der Waals surface area contributed by atoms with E-state index in [0.29, 0.717) is 6.07 Å². The molecule has 1 aromatic carbocycles. The van der Waals surface area contributed by atoms with Gasteiger partial charge >= 0.3 is 0 Å². The first-order valence-corrected chi connectivity index (χ1v) is 4.64. The molecular formula is C11H13F2NO. The number of aromatic hydroxyl groups is 1. The average Bonchev–Trinajstić information content (AvgIpc) is 2.19. The Labute approximate surface area is 87.2 Å². The van der Waals surface area contributed by atoms with Crippen LogP contribution in [0, 0.1) is 11.6 Å². The predicted molar refractivity (Wildman–Crippen MR) is 55.6 cm³/mol. The molecule has 0 aliphatic carbocycles. The molecule has 0 radical (unpaired) electrons. The minimum Gasteiger partial charge on any atom is -0.504 e. The molecular weight excluding hydrogens is 200 g/mol. The Balaban J connectivity index is 2.80. The van der Waals surface area contributed by atoms with Crippen LogP contribution in [0.5, 0.6) is 5.75 Å². The van der Waals surface area contributed by atoms with E-state index in [1.165, 1.54) is 6.08 Å². The van der Waals surface area contributed by atoms with Gasteiger partial charge in [-0.05, 0) is 26.1 Å². The van der Waals surface area contributed by atoms with Gasteiger partial charge in [0, 0.05) is 11.6 Å². The zero-order valence-electron chi connectivity index (χ0n) is 8.43. The molecule has 0 aliphatic heterocycles. The summed E-state index contributed by atoms with van der Waals surface area (Å²) in [5.74, 6) is -2.15. The largest absolute Gasteiger partial charge is 0.504 e. The van der Waals surface area contributed by atoms with E-state index in [0.717, 1.165) is 19.0 Å². The van der Waals surface area contributed by atoms with Crippen LogP contribution in [0.1, 0.15) is 12.0 Å². The first kappa shape index (κ1) is 11.7. The van der Waals surface area contributed by atoms with Crippen molar-refractivity contribution < 1.29 is 13.9 Å². The molecule has 0 bridgehead atoms. The Morgan fingerprint density at radius 3 is 2.80 bits per heavy atom. The van der Waals surface area contributed by atoms with Gasteiger partial charge in [-0.3, -0.25) is 0 Å². The molecule has 2 N–H and O–H groups in total. The van der Waals surface area contributed by atoms with Crippen LogP contribution in [0.2, 0.25) is 0 Å². The maximum atomic E-state index is 12.9. The second kappa shape index (κ2) is 5.46. The summed E-state index contributed by atoms with van der Waals surface area (Å²) in [7, 11) is 1.81. The summed E-state index contributed by atoms with van der Waals surface area (Å²) >= 11 is 0. The van der Waals surface area contributed by atoms with Gasteiger partial charge in [0.15, 0.2) is 11.6 Å². The van der Waals surface area contributed by atoms with E-state index in [2.05, 4.69) is 5.32 Å². The van der Waals surface area contributed by atoms with E-state index < -0.39 is 17.4 Å². The molecule has 4 heteroatoms. The number of nitrogens with one attached hydrogen (secondary N) is 1. The third-order valence-electron chi connectivity index (χ3n) is 1.92. The predicted octanol–water partition coefficient (Wildman–Crippen LogP) is 2.29. The van der Waals surface area contributed by atoms with Crippen LogP contribution in [0.3, 0.4) is 0 Å². The summed E-state index contributed by atoms with van der Waals surface area (Å²) in [5.41, 5.74) is 0.156. The number of phenols is 1. The standard InChI is InChI=1S/C11H13F2NO/c1-14-5-3-2-4-8-6-9(12)7-10(13)11(8)15/h2,4,6-7,14-15H,3,5H2,1H3. The van der Waals surface area contributed by atoms with Crippen molar-refractivity contribution >= 4 is 6.08 Å². The van der Waals surface area contributed by atoms with E-state index in [1.54, 1.807) is 6.08 Å². The molecule has 0 atom stereocenters. The fraction of sp³-hybridized carbons (Fsp3) is 0.273. The summed E-state index contributed by atoms with van der Waals surface area (Å²) in [5, 5.41) is 12.2. The fourth-order valence-corrected chi connectivity index (χ4v) is 1.15. The molecule has 0 saturated heterocycles. The van der Waals surface area contributed by atoms with Crippen molar-refractivity contribution in [2.24, 2.45) is 0 Å². The van der Waals surface area contributed by atoms with Crippen LogP contribution >= 0.6 is 0 Å². The highest BCUT2D eigenvalue weighted by Crippen LogP contribution is 2.23. The molecule has 1 rings (SSSR count). The minimum absolute atomic E-state index is 0.156. The van der Waals surface area contributed by atoms with Crippen LogP contribution in [0.4, 0.5) is 8.78 Å². The Kier molecular flexibility index (Phi) is 4.24. The molecule has 0 aromatic heterocycles. The number of rotatable bonds is 4. The van der Waals surface area contributed by atoms with Gasteiger partial charge in [-0.1, -0.05) is 12.2 Å². The van der Waals surface area contributed by atoms with E-state index in [-0.39, 0.29) is 5.56 Å². The van der Waals surface area contributed by atoms with Gasteiger partial charge in [0.25, 0.3) is 0 Å². The Hall–Kier alpha value is -1.42. The topological polar surface area (TPSA) is 32.3 Å². The molecule has 15 heavy (non-hydrogen) atoms. The maximum absolute atomic E-state index is 12.9. The highest BCUT2D eigenvalue weighted by Gasteiger charge is 2.06. The number of hydrogen-bond acceptors (Lipinski definition) is 2. The normalized spacial score (nSPS) is 11.1. The van der Waals surface area contributed by atoms with Crippen LogP contribution in [0.15, 0.2) is 18.2 Å². The molecule has 0 fully saturated rings. The number of benzene rings is 1. The quantitative estimate of drug-likeness (QED) is 0.752. The monoisotopic (exact) mass is 213 g/mol. The molecule has 0 heterocycles. The molecule has 0 amide bonds. The van der Waals surface area contributed by atoms with Gasteiger partial charge in [-0.15, -0.1) is 0 Å². The van der Waals surface area contributed by atoms with E-state index in [4.69, 9.17) is 0 Å². The van der Waals surface area contributed by atoms with Crippen LogP contribution in [-0.2, 0) is 0 Å². The van der Waals surface area contributed by atoms with Crippen molar-refractivity contribution in [3.63, 3.8) is 0 Å². The van der Waals surface area contributed by atoms with Gasteiger partial charge in [0.05, 0.1) is 0 Å². The SMILES string of the molecule is CNCCC=Cc1cc(F)cc(F)c1O. The van der Waals surface area contributed by atoms with Gasteiger partial charge < -0.3 is 10.4 Å². The van der Waals surface area contributed by atoms with Crippen molar-refractivity contribution in [2.45, 2.75) is 6.42 Å². The summed E-state index contributed by atoms with van der Waals surface area (Å²) in [6.45, 7) is 0.773. The Bertz CT molecular complexity index is 364. The lowest BCUT2D eigenvalue weighted by Crippen LogP contribution is -2.05. The first-order chi connectivity index (χ1) is 7.15. The van der Waals surface area contributed by atoms with Crippen molar-refractivity contribution in [1.82, 2.24) is 5.32 Å². The Morgan fingerprint density at radius 2 is 2.13 bits per heavy atom. The average molecular weight is 213 g/mol. The molecule has 0 spiro atoms. The van der Waals surface area contributed by atoms with E-state index >= 15 is 0 Å². The summed E-state index contributed by atoms with van der Waals surface area (Å²) in [6, 6.07) is 1.74. The zero-order chi connectivity index (χ0) is 11.3. The van der Waals surface area contributed by atoms with Crippen LogP contribution in [-0.4, -0.2) is 18.7 Å². The molecule has 2 nitrogen and oxygen atoms in total. The third-order valence-corrected chi connectivity index (χ3v) is 1.92. The second-order valence-electron chi connectivity index (χ2n) is 3.12. The van der Waals surface area contributed by atoms with Gasteiger partial charge in [0.1, 0.15) is 5.82 Å². The summed E-state index contributed by atoms with van der Waals surface area (Å²) < 4.78 is 25.7. The molecule has 1 aromatic rings. The second-order valence-corrected chi connectivity index (χ2v) is 3.12. The lowest BCUT2D eigenvalue weighted by molar-refractivity contribution is 0.426. The number of phenolic OH excluding ortho intramolecular Hbond substituents is 1. The first-order valence-electron chi connectivity index (χ1n) is 4.64. The highest BCUT2D eigenvalue weighted by atomic mass is 19.1. The van der Waals surface area contributed by atoms with Crippen molar-refractivity contribution in [1.29, 1.82) is 0 Å². The summed E-state index contributed by atoms with van der Waals surface area (Å²) in [4.78, 5) is 0. The number of hydrogen-bond donors (Lipinski definition) is 2. The minimum atomic E-state index is -0.941. The lowest BCUT2D eigenvalue weighted by atomic mass is 10.1. The fourth-order valence-electron chi connectivity index (χ4n) is 1.15. The smallest absolute Gasteiger partial charge is 0.168 e. The molecule has 0 aliphatic rings.